The number of hydrogen-bond donors (Lipinski definition) is 2. The van der Waals surface area contributed by atoms with E-state index in [9.17, 15) is 9.59 Å². The maximum atomic E-state index is 11.3. The summed E-state index contributed by atoms with van der Waals surface area (Å²) in [5, 5.41) is 5.02. The van der Waals surface area contributed by atoms with Gasteiger partial charge in [-0.2, -0.15) is 6.92 Å². The molecule has 5 nitrogen and oxygen atoms in total. The van der Waals surface area contributed by atoms with E-state index >= 15 is 0 Å². The zero-order valence-corrected chi connectivity index (χ0v) is 12.0. The van der Waals surface area contributed by atoms with Gasteiger partial charge in [0, 0.05) is 44.7 Å². The first-order valence-electron chi connectivity index (χ1n) is 4.50. The third-order valence-electron chi connectivity index (χ3n) is 2.15. The zero-order chi connectivity index (χ0) is 10.8. The third kappa shape index (κ3) is 3.72. The van der Waals surface area contributed by atoms with Crippen LogP contribution in [-0.4, -0.2) is 24.6 Å². The molecule has 1 aliphatic heterocycles. The van der Waals surface area contributed by atoms with E-state index in [-0.39, 0.29) is 44.0 Å². The molecule has 1 rings (SSSR count). The van der Waals surface area contributed by atoms with E-state index in [2.05, 4.69) is 10.6 Å². The van der Waals surface area contributed by atoms with Crippen LogP contribution >= 0.6 is 0 Å². The number of rotatable bonds is 2. The summed E-state index contributed by atoms with van der Waals surface area (Å²) in [6.45, 7) is 7.40. The molecule has 0 unspecified atom stereocenters. The molecule has 1 saturated heterocycles. The molecule has 0 aromatic carbocycles. The Morgan fingerprint density at radius 1 is 1.67 bits per heavy atom. The number of amides is 2. The topological polar surface area (TPSA) is 67.4 Å². The molecule has 0 bridgehead atoms. The van der Waals surface area contributed by atoms with Gasteiger partial charge in [0.2, 0.25) is 0 Å². The second-order valence-electron chi connectivity index (χ2n) is 3.92. The number of hydrogen-bond acceptors (Lipinski definition) is 3. The average molecular weight is 288 g/mol. The number of alkyl carbamates (subject to hydrolysis) is 1. The van der Waals surface area contributed by atoms with Crippen LogP contribution in [0.3, 0.4) is 0 Å². The van der Waals surface area contributed by atoms with Crippen molar-refractivity contribution in [2.45, 2.75) is 26.9 Å². The van der Waals surface area contributed by atoms with Gasteiger partial charge in [-0.15, -0.1) is 0 Å². The molecule has 0 aliphatic carbocycles. The Morgan fingerprint density at radius 3 is 2.67 bits per heavy atom. The fourth-order valence-corrected chi connectivity index (χ4v) is 1.33. The Morgan fingerprint density at radius 2 is 2.27 bits per heavy atom. The maximum absolute atomic E-state index is 11.3. The van der Waals surface area contributed by atoms with Gasteiger partial charge in [-0.25, -0.2) is 11.3 Å². The molecule has 1 aliphatic rings. The van der Waals surface area contributed by atoms with Crippen LogP contribution in [0.5, 0.6) is 0 Å². The second-order valence-corrected chi connectivity index (χ2v) is 3.92. The predicted molar refractivity (Wildman–Crippen MR) is 50.2 cm³/mol. The van der Waals surface area contributed by atoms with Crippen molar-refractivity contribution in [1.82, 2.24) is 10.6 Å². The van der Waals surface area contributed by atoms with Crippen LogP contribution in [-0.2, 0) is 42.2 Å². The van der Waals surface area contributed by atoms with Crippen LogP contribution in [0.2, 0.25) is 0 Å². The summed E-state index contributed by atoms with van der Waals surface area (Å²) in [6.07, 6.45) is -1.30. The summed E-state index contributed by atoms with van der Waals surface area (Å²) < 4.78 is 4.99. The van der Waals surface area contributed by atoms with Crippen LogP contribution in [0.15, 0.2) is 0 Å². The molecule has 15 heavy (non-hydrogen) atoms. The van der Waals surface area contributed by atoms with Gasteiger partial charge in [0.15, 0.2) is 6.10 Å². The fraction of sp³-hybridized carbons (Fsp3) is 0.667. The number of ether oxygens (including phenoxy) is 1. The molecule has 0 aromatic rings. The van der Waals surface area contributed by atoms with Gasteiger partial charge in [-0.1, -0.05) is 13.8 Å². The summed E-state index contributed by atoms with van der Waals surface area (Å²) in [5.74, 6) is -0.235. The largest absolute Gasteiger partial charge is 0.471 e. The van der Waals surface area contributed by atoms with E-state index in [1.165, 1.54) is 6.54 Å². The molecule has 1 radical (unpaired) electrons. The van der Waals surface area contributed by atoms with Gasteiger partial charge in [-0.05, 0) is 0 Å². The summed E-state index contributed by atoms with van der Waals surface area (Å²) in [5.41, 5.74) is -0.345. The Labute approximate surface area is 115 Å². The van der Waals surface area contributed by atoms with Crippen LogP contribution in [0, 0.1) is 12.0 Å². The second kappa shape index (κ2) is 5.80. The minimum atomic E-state index is -0.706. The maximum Gasteiger partial charge on any atom is 0.378 e. The van der Waals surface area contributed by atoms with Crippen molar-refractivity contribution >= 4 is 12.0 Å². The Bertz CT molecular complexity index is 256. The molecule has 1 fully saturated rings. The van der Waals surface area contributed by atoms with Crippen molar-refractivity contribution in [2.75, 3.05) is 6.54 Å². The zero-order valence-electron chi connectivity index (χ0n) is 9.16. The molecule has 0 saturated carbocycles. The standard InChI is InChI=1S/C9H15N2O3.Y/c1-4-10-8(13)14-6-7(12)11-5-9(6,2)3;/h4,6H,5H2,1-3H3,(H,10,13)(H,11,12);/q-1;/t6-;/m1./s1. The SMILES string of the molecule is C[CH-]NC(=O)O[C@@H]1C(=O)NCC1(C)C.[Y]. The first-order chi connectivity index (χ1) is 6.47. The molecular weight excluding hydrogens is 273 g/mol. The number of carbonyl (C=O) groups is 2. The van der Waals surface area contributed by atoms with E-state index < -0.39 is 12.2 Å². The van der Waals surface area contributed by atoms with Crippen molar-refractivity contribution in [3.8, 4) is 0 Å². The van der Waals surface area contributed by atoms with Gasteiger partial charge < -0.3 is 15.4 Å². The first-order valence-corrected chi connectivity index (χ1v) is 4.50. The van der Waals surface area contributed by atoms with Gasteiger partial charge in [0.25, 0.3) is 5.91 Å². The minimum absolute atomic E-state index is 0. The molecule has 0 aromatic heterocycles. The first kappa shape index (κ1) is 14.8. The summed E-state index contributed by atoms with van der Waals surface area (Å²) >= 11 is 0. The smallest absolute Gasteiger partial charge is 0.378 e. The molecule has 1 atom stereocenters. The predicted octanol–water partition coefficient (Wildman–Crippen LogP) is 0.416. The van der Waals surface area contributed by atoms with Crippen molar-refractivity contribution in [3.05, 3.63) is 6.54 Å². The van der Waals surface area contributed by atoms with E-state index in [1.54, 1.807) is 6.92 Å². The molecule has 0 spiro atoms. The van der Waals surface area contributed by atoms with Crippen molar-refractivity contribution < 1.29 is 47.0 Å². The van der Waals surface area contributed by atoms with E-state index in [0.717, 1.165) is 0 Å². The average Bonchev–Trinajstić information content (AvgIpc) is 2.32. The van der Waals surface area contributed by atoms with Crippen molar-refractivity contribution in [3.63, 3.8) is 0 Å². The Balaban J connectivity index is 0.00000196. The normalized spacial score (nSPS) is 22.6. The number of carbonyl (C=O) groups excluding carboxylic acids is 2. The molecule has 6 heteroatoms. The molecule has 83 valence electrons. The van der Waals surface area contributed by atoms with Crippen molar-refractivity contribution in [2.24, 2.45) is 5.41 Å². The van der Waals surface area contributed by atoms with Gasteiger partial charge in [0.1, 0.15) is 0 Å². The quantitative estimate of drug-likeness (QED) is 0.724. The van der Waals surface area contributed by atoms with Crippen LogP contribution in [0.25, 0.3) is 0 Å². The van der Waals surface area contributed by atoms with Crippen LogP contribution in [0.1, 0.15) is 20.8 Å². The van der Waals surface area contributed by atoms with Crippen molar-refractivity contribution in [1.29, 1.82) is 0 Å². The van der Waals surface area contributed by atoms with Crippen LogP contribution in [0.4, 0.5) is 4.79 Å². The molecule has 1 heterocycles. The van der Waals surface area contributed by atoms with E-state index in [0.29, 0.717) is 6.54 Å². The summed E-state index contributed by atoms with van der Waals surface area (Å²) in [7, 11) is 0. The van der Waals surface area contributed by atoms with Gasteiger partial charge in [0.05, 0.1) is 0 Å². The summed E-state index contributed by atoms with van der Waals surface area (Å²) in [6, 6.07) is 0. The molecule has 2 N–H and O–H groups in total. The van der Waals surface area contributed by atoms with Crippen LogP contribution < -0.4 is 10.6 Å². The molecule has 2 amide bonds. The fourth-order valence-electron chi connectivity index (χ4n) is 1.33. The van der Waals surface area contributed by atoms with Gasteiger partial charge >= 0.3 is 6.09 Å². The summed E-state index contributed by atoms with van der Waals surface area (Å²) in [4.78, 5) is 22.4. The third-order valence-corrected chi connectivity index (χ3v) is 2.15. The Hall–Kier alpha value is -0.156. The number of nitrogens with one attached hydrogen (secondary N) is 2. The van der Waals surface area contributed by atoms with E-state index in [4.69, 9.17) is 4.74 Å². The van der Waals surface area contributed by atoms with Gasteiger partial charge in [-0.3, -0.25) is 4.79 Å². The minimum Gasteiger partial charge on any atom is -0.471 e. The van der Waals surface area contributed by atoms with E-state index in [1.807, 2.05) is 13.8 Å². The molecular formula is C9H15N2O3Y-. The Kier molecular flexibility index (Phi) is 5.74. The monoisotopic (exact) mass is 288 g/mol.